The Hall–Kier alpha value is -3.04. The molecule has 1 aliphatic rings. The number of amides is 1. The van der Waals surface area contributed by atoms with Crippen LogP contribution >= 0.6 is 0 Å². The van der Waals surface area contributed by atoms with Crippen molar-refractivity contribution >= 4 is 25.6 Å². The monoisotopic (exact) mass is 442 g/mol. The number of carbonyl (C=O) groups is 1. The largest absolute Gasteiger partial charge is 0.368 e. The third-order valence-corrected chi connectivity index (χ3v) is 9.58. The molecule has 7 nitrogen and oxygen atoms in total. The lowest BCUT2D eigenvalue weighted by atomic mass is 9.97. The minimum Gasteiger partial charge on any atom is -0.368 e. The normalized spacial score (nSPS) is 19.9. The van der Waals surface area contributed by atoms with Gasteiger partial charge in [-0.2, -0.15) is 0 Å². The van der Waals surface area contributed by atoms with Gasteiger partial charge in [0.15, 0.2) is 24.9 Å². The van der Waals surface area contributed by atoms with Gasteiger partial charge < -0.3 is 5.73 Å². The summed E-state index contributed by atoms with van der Waals surface area (Å²) in [6, 6.07) is 15.6. The molecule has 2 aromatic carbocycles. The van der Waals surface area contributed by atoms with Gasteiger partial charge in [0.1, 0.15) is 5.25 Å². The number of sulfone groups is 2. The van der Waals surface area contributed by atoms with Gasteiger partial charge in [-0.05, 0) is 47.4 Å². The summed E-state index contributed by atoms with van der Waals surface area (Å²) < 4.78 is 53.3. The maximum Gasteiger partial charge on any atom is 0.237 e. The van der Waals surface area contributed by atoms with Crippen molar-refractivity contribution in [1.29, 1.82) is 0 Å². The summed E-state index contributed by atoms with van der Waals surface area (Å²) in [5.74, 6) is -1.19. The Balaban J connectivity index is 1.98. The molecule has 4 rings (SSSR count). The quantitative estimate of drug-likeness (QED) is 0.643. The van der Waals surface area contributed by atoms with Crippen LogP contribution in [0.15, 0.2) is 82.8 Å². The van der Waals surface area contributed by atoms with Gasteiger partial charge >= 0.3 is 0 Å². The highest BCUT2D eigenvalue weighted by molar-refractivity contribution is 7.97. The lowest BCUT2D eigenvalue weighted by Crippen LogP contribution is -2.39. The molecule has 0 saturated heterocycles. The second kappa shape index (κ2) is 7.33. The van der Waals surface area contributed by atoms with Crippen LogP contribution in [0.4, 0.5) is 0 Å². The Bertz CT molecular complexity index is 1320. The van der Waals surface area contributed by atoms with Gasteiger partial charge in [0.05, 0.1) is 9.79 Å². The Labute approximate surface area is 174 Å². The van der Waals surface area contributed by atoms with Crippen LogP contribution in [-0.4, -0.2) is 33.0 Å². The SMILES string of the molecule is NC(=O)C1C(S(=O)(=O)c2ccccc2)c2c(Cc3cccnc3)cccc2S1(=O)=O. The highest BCUT2D eigenvalue weighted by atomic mass is 32.2. The first kappa shape index (κ1) is 20.2. The number of nitrogens with two attached hydrogens (primary N) is 1. The molecule has 3 aromatic rings. The first-order valence-electron chi connectivity index (χ1n) is 9.07. The maximum atomic E-state index is 13.5. The average Bonchev–Trinajstić information content (AvgIpc) is 2.98. The van der Waals surface area contributed by atoms with E-state index in [1.54, 1.807) is 30.6 Å². The Morgan fingerprint density at radius 2 is 1.73 bits per heavy atom. The van der Waals surface area contributed by atoms with Crippen molar-refractivity contribution in [2.24, 2.45) is 5.73 Å². The molecular formula is C21H18N2O5S2. The van der Waals surface area contributed by atoms with E-state index in [0.717, 1.165) is 5.56 Å². The summed E-state index contributed by atoms with van der Waals surface area (Å²) in [5.41, 5.74) is 6.81. The van der Waals surface area contributed by atoms with Gasteiger partial charge in [0.2, 0.25) is 5.91 Å². The van der Waals surface area contributed by atoms with Crippen LogP contribution in [0.3, 0.4) is 0 Å². The van der Waals surface area contributed by atoms with Crippen LogP contribution in [-0.2, 0) is 30.9 Å². The number of benzene rings is 2. The fourth-order valence-electron chi connectivity index (χ4n) is 3.86. The van der Waals surface area contributed by atoms with Gasteiger partial charge in [-0.3, -0.25) is 9.78 Å². The molecule has 2 unspecified atom stereocenters. The van der Waals surface area contributed by atoms with Gasteiger partial charge in [0, 0.05) is 12.4 Å². The zero-order valence-corrected chi connectivity index (χ0v) is 17.3. The van der Waals surface area contributed by atoms with Crippen molar-refractivity contribution in [3.05, 3.63) is 89.7 Å². The average molecular weight is 443 g/mol. The Morgan fingerprint density at radius 1 is 1.00 bits per heavy atom. The smallest absolute Gasteiger partial charge is 0.237 e. The van der Waals surface area contributed by atoms with Crippen molar-refractivity contribution in [2.45, 2.75) is 26.7 Å². The van der Waals surface area contributed by atoms with Crippen LogP contribution < -0.4 is 5.73 Å². The molecule has 0 fully saturated rings. The van der Waals surface area contributed by atoms with E-state index in [9.17, 15) is 21.6 Å². The van der Waals surface area contributed by atoms with Gasteiger partial charge in [-0.25, -0.2) is 16.8 Å². The second-order valence-corrected chi connectivity index (χ2v) is 11.1. The fourth-order valence-corrected chi connectivity index (χ4v) is 8.57. The van der Waals surface area contributed by atoms with Crippen LogP contribution in [0.5, 0.6) is 0 Å². The lowest BCUT2D eigenvalue weighted by molar-refractivity contribution is -0.117. The third-order valence-electron chi connectivity index (χ3n) is 5.16. The van der Waals surface area contributed by atoms with Crippen molar-refractivity contribution in [3.8, 4) is 0 Å². The van der Waals surface area contributed by atoms with Crippen LogP contribution in [0.25, 0.3) is 0 Å². The maximum absolute atomic E-state index is 13.5. The molecule has 1 amide bonds. The van der Waals surface area contributed by atoms with Crippen LogP contribution in [0.2, 0.25) is 0 Å². The van der Waals surface area contributed by atoms with Crippen molar-refractivity contribution in [2.75, 3.05) is 0 Å². The number of rotatable bonds is 5. The minimum absolute atomic E-state index is 0.0690. The molecule has 30 heavy (non-hydrogen) atoms. The molecule has 0 spiro atoms. The molecule has 9 heteroatoms. The molecule has 2 heterocycles. The summed E-state index contributed by atoms with van der Waals surface area (Å²) in [4.78, 5) is 16.0. The highest BCUT2D eigenvalue weighted by Gasteiger charge is 2.55. The number of fused-ring (bicyclic) bond motifs is 1. The van der Waals surface area contributed by atoms with E-state index in [-0.39, 0.29) is 21.8 Å². The van der Waals surface area contributed by atoms with Crippen LogP contribution in [0, 0.1) is 0 Å². The van der Waals surface area contributed by atoms with E-state index >= 15 is 0 Å². The number of carbonyl (C=O) groups excluding carboxylic acids is 1. The number of hydrogen-bond acceptors (Lipinski definition) is 6. The topological polar surface area (TPSA) is 124 Å². The number of primary amides is 1. The van der Waals surface area contributed by atoms with Crippen molar-refractivity contribution < 1.29 is 21.6 Å². The molecule has 0 bridgehead atoms. The molecule has 154 valence electrons. The summed E-state index contributed by atoms with van der Waals surface area (Å²) in [6.45, 7) is 0. The van der Waals surface area contributed by atoms with Gasteiger partial charge in [-0.15, -0.1) is 0 Å². The van der Waals surface area contributed by atoms with E-state index in [2.05, 4.69) is 4.98 Å². The zero-order chi connectivity index (χ0) is 21.5. The van der Waals surface area contributed by atoms with Crippen molar-refractivity contribution in [3.63, 3.8) is 0 Å². The molecule has 0 radical (unpaired) electrons. The number of nitrogens with zero attached hydrogens (tertiary/aromatic N) is 1. The number of aromatic nitrogens is 1. The Morgan fingerprint density at radius 3 is 2.37 bits per heavy atom. The lowest BCUT2D eigenvalue weighted by Gasteiger charge is -2.19. The Kier molecular flexibility index (Phi) is 4.95. The molecule has 1 aromatic heterocycles. The second-order valence-electron chi connectivity index (χ2n) is 7.01. The predicted octanol–water partition coefficient (Wildman–Crippen LogP) is 1.83. The van der Waals surface area contributed by atoms with Crippen LogP contribution in [0.1, 0.15) is 21.9 Å². The van der Waals surface area contributed by atoms with E-state index in [1.807, 2.05) is 6.07 Å². The summed E-state index contributed by atoms with van der Waals surface area (Å²) in [5, 5.41) is -3.52. The fraction of sp³-hybridized carbons (Fsp3) is 0.143. The minimum atomic E-state index is -4.27. The van der Waals surface area contributed by atoms with E-state index in [4.69, 9.17) is 5.73 Å². The molecule has 1 aliphatic heterocycles. The molecule has 0 saturated carbocycles. The standard InChI is InChI=1S/C21H18N2O5S2/c22-21(24)20-19(29(25,26)16-8-2-1-3-9-16)18-15(12-14-6-5-11-23-13-14)7-4-10-17(18)30(20,27)28/h1-11,13,19-20H,12H2,(H2,22,24). The number of hydrogen-bond donors (Lipinski definition) is 1. The molecular weight excluding hydrogens is 424 g/mol. The first-order valence-corrected chi connectivity index (χ1v) is 12.2. The van der Waals surface area contributed by atoms with E-state index in [0.29, 0.717) is 5.56 Å². The summed E-state index contributed by atoms with van der Waals surface area (Å²) in [7, 11) is -8.50. The van der Waals surface area contributed by atoms with Gasteiger partial charge in [0.25, 0.3) is 0 Å². The third kappa shape index (κ3) is 3.20. The van der Waals surface area contributed by atoms with E-state index < -0.39 is 36.1 Å². The summed E-state index contributed by atoms with van der Waals surface area (Å²) >= 11 is 0. The van der Waals surface area contributed by atoms with Crippen molar-refractivity contribution in [1.82, 2.24) is 4.98 Å². The predicted molar refractivity (Wildman–Crippen MR) is 110 cm³/mol. The molecule has 0 aliphatic carbocycles. The van der Waals surface area contributed by atoms with E-state index in [1.165, 1.54) is 36.4 Å². The molecule has 2 N–H and O–H groups in total. The first-order chi connectivity index (χ1) is 14.2. The number of pyridine rings is 1. The summed E-state index contributed by atoms with van der Waals surface area (Å²) in [6.07, 6.45) is 3.49. The zero-order valence-electron chi connectivity index (χ0n) is 15.7. The highest BCUT2D eigenvalue weighted by Crippen LogP contribution is 2.47. The van der Waals surface area contributed by atoms with Gasteiger partial charge in [-0.1, -0.05) is 36.4 Å². The molecule has 2 atom stereocenters.